The number of benzene rings is 1. The summed E-state index contributed by atoms with van der Waals surface area (Å²) in [5.41, 5.74) is 17.4. The average Bonchev–Trinajstić information content (AvgIpc) is 2.85. The molecule has 0 aliphatic heterocycles. The van der Waals surface area contributed by atoms with E-state index in [1.165, 1.54) is 0 Å². The molecule has 38 heavy (non-hydrogen) atoms. The first-order valence-corrected chi connectivity index (χ1v) is 12.9. The lowest BCUT2D eigenvalue weighted by Gasteiger charge is -2.26. The van der Waals surface area contributed by atoms with E-state index in [0.717, 1.165) is 5.56 Å². The van der Waals surface area contributed by atoms with Crippen LogP contribution in [0.25, 0.3) is 0 Å². The number of primary amides is 1. The number of nitrogens with one attached hydrogen (secondary N) is 3. The zero-order valence-electron chi connectivity index (χ0n) is 22.2. The molecule has 4 amide bonds. The van der Waals surface area contributed by atoms with Crippen molar-refractivity contribution in [1.29, 1.82) is 0 Å². The number of aliphatic carboxylic acids is 1. The number of carboxylic acids is 1. The molecule has 1 aromatic rings. The second-order valence-electron chi connectivity index (χ2n) is 9.74. The molecular weight excluding hydrogens is 492 g/mol. The largest absolute Gasteiger partial charge is 0.480 e. The number of hydrogen-bond donors (Lipinski definition) is 7. The van der Waals surface area contributed by atoms with Gasteiger partial charge < -0.3 is 38.3 Å². The van der Waals surface area contributed by atoms with Crippen LogP contribution in [0.2, 0.25) is 0 Å². The molecular formula is C26H42N6O6. The van der Waals surface area contributed by atoms with Crippen LogP contribution >= 0.6 is 0 Å². The number of hydrogen-bond acceptors (Lipinski definition) is 7. The Morgan fingerprint density at radius 1 is 0.842 bits per heavy atom. The van der Waals surface area contributed by atoms with E-state index >= 15 is 0 Å². The van der Waals surface area contributed by atoms with Crippen molar-refractivity contribution in [3.8, 4) is 0 Å². The monoisotopic (exact) mass is 534 g/mol. The summed E-state index contributed by atoms with van der Waals surface area (Å²) in [4.78, 5) is 62.0. The summed E-state index contributed by atoms with van der Waals surface area (Å²) in [5.74, 6) is -3.86. The van der Waals surface area contributed by atoms with Gasteiger partial charge in [0.25, 0.3) is 0 Å². The molecule has 0 aromatic heterocycles. The van der Waals surface area contributed by atoms with Crippen LogP contribution in [0.5, 0.6) is 0 Å². The first-order chi connectivity index (χ1) is 17.9. The second kappa shape index (κ2) is 17.1. The van der Waals surface area contributed by atoms with Gasteiger partial charge in [-0.15, -0.1) is 0 Å². The van der Waals surface area contributed by atoms with Crippen molar-refractivity contribution in [2.24, 2.45) is 23.1 Å². The highest BCUT2D eigenvalue weighted by atomic mass is 16.4. The minimum absolute atomic E-state index is 0.0296. The summed E-state index contributed by atoms with van der Waals surface area (Å²) in [7, 11) is 0. The Kier molecular flexibility index (Phi) is 14.6. The van der Waals surface area contributed by atoms with Gasteiger partial charge in [0, 0.05) is 12.8 Å². The molecule has 0 saturated carbocycles. The second-order valence-corrected chi connectivity index (χ2v) is 9.74. The SMILES string of the molecule is CC(C)CC(NC(=O)C(CCC(N)=O)NC(=O)C(N)CCCCN)C(=O)NC(Cc1ccccc1)C(=O)O. The molecule has 1 rings (SSSR count). The van der Waals surface area contributed by atoms with E-state index in [-0.39, 0.29) is 31.6 Å². The molecule has 0 saturated heterocycles. The fourth-order valence-electron chi connectivity index (χ4n) is 3.77. The van der Waals surface area contributed by atoms with Crippen molar-refractivity contribution in [3.05, 3.63) is 35.9 Å². The van der Waals surface area contributed by atoms with Crippen molar-refractivity contribution in [2.75, 3.05) is 6.54 Å². The summed E-state index contributed by atoms with van der Waals surface area (Å²) in [6.07, 6.45) is 1.69. The van der Waals surface area contributed by atoms with Gasteiger partial charge in [-0.1, -0.05) is 50.6 Å². The molecule has 4 atom stereocenters. The van der Waals surface area contributed by atoms with Crippen LogP contribution in [0, 0.1) is 5.92 Å². The quantitative estimate of drug-likeness (QED) is 0.122. The predicted octanol–water partition coefficient (Wildman–Crippen LogP) is -0.464. The molecule has 0 aliphatic carbocycles. The number of carboxylic acid groups (broad SMARTS) is 1. The maximum Gasteiger partial charge on any atom is 0.326 e. The number of carbonyl (C=O) groups excluding carboxylic acids is 4. The molecule has 1 aromatic carbocycles. The molecule has 0 radical (unpaired) electrons. The fraction of sp³-hybridized carbons (Fsp3) is 0.577. The third-order valence-electron chi connectivity index (χ3n) is 5.86. The van der Waals surface area contributed by atoms with E-state index in [1.54, 1.807) is 30.3 Å². The molecule has 0 heterocycles. The maximum atomic E-state index is 13.1. The zero-order valence-corrected chi connectivity index (χ0v) is 22.2. The van der Waals surface area contributed by atoms with Gasteiger partial charge in [-0.05, 0) is 43.7 Å². The van der Waals surface area contributed by atoms with Gasteiger partial charge in [0.2, 0.25) is 23.6 Å². The number of rotatable bonds is 18. The maximum absolute atomic E-state index is 13.1. The molecule has 4 unspecified atom stereocenters. The highest BCUT2D eigenvalue weighted by Crippen LogP contribution is 2.10. The zero-order chi connectivity index (χ0) is 28.7. The third-order valence-corrected chi connectivity index (χ3v) is 5.86. The molecule has 0 aliphatic rings. The van der Waals surface area contributed by atoms with Crippen molar-refractivity contribution in [2.45, 2.75) is 83.0 Å². The first kappa shape index (κ1) is 32.5. The number of carbonyl (C=O) groups is 5. The Labute approximate surface area is 223 Å². The fourth-order valence-corrected chi connectivity index (χ4v) is 3.77. The summed E-state index contributed by atoms with van der Waals surface area (Å²) >= 11 is 0. The van der Waals surface area contributed by atoms with Crippen LogP contribution in [-0.2, 0) is 30.4 Å². The smallest absolute Gasteiger partial charge is 0.326 e. The van der Waals surface area contributed by atoms with Gasteiger partial charge in [0.15, 0.2) is 0 Å². The van der Waals surface area contributed by atoms with E-state index in [2.05, 4.69) is 16.0 Å². The summed E-state index contributed by atoms with van der Waals surface area (Å²) in [6, 6.07) is 4.49. The highest BCUT2D eigenvalue weighted by Gasteiger charge is 2.31. The lowest BCUT2D eigenvalue weighted by molar-refractivity contribution is -0.142. The molecule has 0 fully saturated rings. The molecule has 0 spiro atoms. The molecule has 12 heteroatoms. The average molecular weight is 535 g/mol. The molecule has 12 nitrogen and oxygen atoms in total. The highest BCUT2D eigenvalue weighted by molar-refractivity contribution is 5.94. The van der Waals surface area contributed by atoms with Crippen molar-refractivity contribution >= 4 is 29.6 Å². The van der Waals surface area contributed by atoms with Crippen LogP contribution in [0.1, 0.15) is 57.9 Å². The van der Waals surface area contributed by atoms with Gasteiger partial charge in [-0.25, -0.2) is 4.79 Å². The minimum Gasteiger partial charge on any atom is -0.480 e. The first-order valence-electron chi connectivity index (χ1n) is 12.9. The van der Waals surface area contributed by atoms with E-state index in [0.29, 0.717) is 25.8 Å². The number of amides is 4. The van der Waals surface area contributed by atoms with Crippen LogP contribution in [0.15, 0.2) is 30.3 Å². The Morgan fingerprint density at radius 3 is 1.97 bits per heavy atom. The van der Waals surface area contributed by atoms with Gasteiger partial charge in [0.1, 0.15) is 18.1 Å². The van der Waals surface area contributed by atoms with Crippen molar-refractivity contribution in [3.63, 3.8) is 0 Å². The summed E-state index contributed by atoms with van der Waals surface area (Å²) < 4.78 is 0. The Morgan fingerprint density at radius 2 is 1.42 bits per heavy atom. The topological polar surface area (TPSA) is 220 Å². The van der Waals surface area contributed by atoms with E-state index in [1.807, 2.05) is 13.8 Å². The third kappa shape index (κ3) is 12.6. The van der Waals surface area contributed by atoms with Gasteiger partial charge in [0.05, 0.1) is 6.04 Å². The summed E-state index contributed by atoms with van der Waals surface area (Å²) in [5, 5.41) is 17.3. The molecule has 10 N–H and O–H groups in total. The van der Waals surface area contributed by atoms with Crippen LogP contribution in [0.3, 0.4) is 0 Å². The van der Waals surface area contributed by atoms with Crippen LogP contribution in [-0.4, -0.2) is 65.4 Å². The van der Waals surface area contributed by atoms with E-state index < -0.39 is 53.8 Å². The Hall–Kier alpha value is -3.51. The van der Waals surface area contributed by atoms with Crippen LogP contribution in [0.4, 0.5) is 0 Å². The molecule has 0 bridgehead atoms. The van der Waals surface area contributed by atoms with E-state index in [9.17, 15) is 29.1 Å². The Balaban J connectivity index is 2.99. The predicted molar refractivity (Wildman–Crippen MR) is 142 cm³/mol. The lowest BCUT2D eigenvalue weighted by Crippen LogP contribution is -2.57. The normalized spacial score (nSPS) is 14.1. The lowest BCUT2D eigenvalue weighted by atomic mass is 10.0. The molecule has 212 valence electrons. The van der Waals surface area contributed by atoms with E-state index in [4.69, 9.17) is 17.2 Å². The van der Waals surface area contributed by atoms with Crippen molar-refractivity contribution in [1.82, 2.24) is 16.0 Å². The van der Waals surface area contributed by atoms with Crippen molar-refractivity contribution < 1.29 is 29.1 Å². The minimum atomic E-state index is -1.22. The standard InChI is InChI=1S/C26H42N6O6/c1-16(2)14-20(25(36)32-21(26(37)38)15-17-8-4-3-5-9-17)31-24(35)19(11-12-22(29)33)30-23(34)18(28)10-6-7-13-27/h3-5,8-9,16,18-21H,6-7,10-15,27-28H2,1-2H3,(H2,29,33)(H,30,34)(H,31,35)(H,32,36)(H,37,38). The summed E-state index contributed by atoms with van der Waals surface area (Å²) in [6.45, 7) is 4.15. The Bertz CT molecular complexity index is 926. The number of nitrogens with two attached hydrogens (primary N) is 3. The van der Waals surface area contributed by atoms with Gasteiger partial charge in [-0.2, -0.15) is 0 Å². The van der Waals surface area contributed by atoms with Crippen LogP contribution < -0.4 is 33.2 Å². The van der Waals surface area contributed by atoms with Gasteiger partial charge >= 0.3 is 5.97 Å². The van der Waals surface area contributed by atoms with Gasteiger partial charge in [-0.3, -0.25) is 19.2 Å². The number of unbranched alkanes of at least 4 members (excludes halogenated alkanes) is 1.